The SMILES string of the molecule is CCNc1nc(OCC)nc(N(C)Cc2ccc(Cl)s2)n1. The van der Waals surface area contributed by atoms with Gasteiger partial charge in [0, 0.05) is 18.5 Å². The molecule has 0 amide bonds. The highest BCUT2D eigenvalue weighted by Gasteiger charge is 2.12. The number of nitrogens with one attached hydrogen (secondary N) is 1. The third kappa shape index (κ3) is 4.44. The number of ether oxygens (including phenoxy) is 1. The summed E-state index contributed by atoms with van der Waals surface area (Å²) in [5, 5.41) is 3.08. The van der Waals surface area contributed by atoms with Crippen molar-refractivity contribution in [3.8, 4) is 6.01 Å². The first-order chi connectivity index (χ1) is 10.1. The minimum absolute atomic E-state index is 0.328. The molecule has 0 fully saturated rings. The van der Waals surface area contributed by atoms with E-state index in [-0.39, 0.29) is 0 Å². The first-order valence-electron chi connectivity index (χ1n) is 6.70. The summed E-state index contributed by atoms with van der Waals surface area (Å²) in [6.45, 7) is 5.81. The summed E-state index contributed by atoms with van der Waals surface area (Å²) in [4.78, 5) is 16.0. The largest absolute Gasteiger partial charge is 0.464 e. The number of halogens is 1. The van der Waals surface area contributed by atoms with E-state index in [9.17, 15) is 0 Å². The smallest absolute Gasteiger partial charge is 0.323 e. The second-order valence-electron chi connectivity index (χ2n) is 4.27. The van der Waals surface area contributed by atoms with Gasteiger partial charge in [0.1, 0.15) is 0 Å². The molecule has 114 valence electrons. The van der Waals surface area contributed by atoms with Crippen LogP contribution in [-0.2, 0) is 6.54 Å². The summed E-state index contributed by atoms with van der Waals surface area (Å²) in [6, 6.07) is 4.21. The molecule has 6 nitrogen and oxygen atoms in total. The summed E-state index contributed by atoms with van der Waals surface area (Å²) in [5.74, 6) is 1.08. The van der Waals surface area contributed by atoms with Gasteiger partial charge in [-0.1, -0.05) is 11.6 Å². The predicted octanol–water partition coefficient (Wildman–Crippen LogP) is 3.05. The number of nitrogens with zero attached hydrogens (tertiary/aromatic N) is 4. The van der Waals surface area contributed by atoms with Crippen LogP contribution >= 0.6 is 22.9 Å². The van der Waals surface area contributed by atoms with Gasteiger partial charge in [0.2, 0.25) is 11.9 Å². The van der Waals surface area contributed by atoms with Crippen LogP contribution in [0.4, 0.5) is 11.9 Å². The number of hydrogen-bond acceptors (Lipinski definition) is 7. The summed E-state index contributed by atoms with van der Waals surface area (Å²) < 4.78 is 6.17. The molecule has 0 aliphatic heterocycles. The zero-order valence-electron chi connectivity index (χ0n) is 12.3. The average molecular weight is 328 g/mol. The molecule has 0 saturated heterocycles. The molecular weight excluding hydrogens is 310 g/mol. The maximum atomic E-state index is 5.95. The fourth-order valence-corrected chi connectivity index (χ4v) is 2.83. The Bertz CT molecular complexity index is 567. The minimum atomic E-state index is 0.328. The lowest BCUT2D eigenvalue weighted by Crippen LogP contribution is -2.20. The van der Waals surface area contributed by atoms with Crippen LogP contribution in [0.25, 0.3) is 0 Å². The molecule has 21 heavy (non-hydrogen) atoms. The van der Waals surface area contributed by atoms with Crippen molar-refractivity contribution in [1.82, 2.24) is 15.0 Å². The van der Waals surface area contributed by atoms with Gasteiger partial charge in [0.15, 0.2) is 0 Å². The van der Waals surface area contributed by atoms with Crippen LogP contribution in [0.15, 0.2) is 12.1 Å². The molecule has 2 aromatic heterocycles. The van der Waals surface area contributed by atoms with E-state index < -0.39 is 0 Å². The van der Waals surface area contributed by atoms with Gasteiger partial charge < -0.3 is 15.0 Å². The molecule has 0 spiro atoms. The van der Waals surface area contributed by atoms with Crippen molar-refractivity contribution in [1.29, 1.82) is 0 Å². The second-order valence-corrected chi connectivity index (χ2v) is 6.07. The molecule has 2 heterocycles. The monoisotopic (exact) mass is 327 g/mol. The Balaban J connectivity index is 2.19. The van der Waals surface area contributed by atoms with E-state index in [0.717, 1.165) is 15.8 Å². The van der Waals surface area contributed by atoms with Crippen LogP contribution in [0.3, 0.4) is 0 Å². The number of hydrogen-bond donors (Lipinski definition) is 1. The van der Waals surface area contributed by atoms with Gasteiger partial charge in [-0.2, -0.15) is 15.0 Å². The third-order valence-corrected chi connectivity index (χ3v) is 3.79. The molecule has 0 unspecified atom stereocenters. The Morgan fingerprint density at radius 2 is 2.10 bits per heavy atom. The van der Waals surface area contributed by atoms with Crippen molar-refractivity contribution in [2.24, 2.45) is 0 Å². The fraction of sp³-hybridized carbons (Fsp3) is 0.462. The zero-order valence-corrected chi connectivity index (χ0v) is 13.8. The summed E-state index contributed by atoms with van der Waals surface area (Å²) in [5.41, 5.74) is 0. The Hall–Kier alpha value is -1.60. The summed E-state index contributed by atoms with van der Waals surface area (Å²) >= 11 is 7.50. The lowest BCUT2D eigenvalue weighted by molar-refractivity contribution is 0.312. The van der Waals surface area contributed by atoms with Crippen molar-refractivity contribution < 1.29 is 4.74 Å². The molecule has 0 bridgehead atoms. The van der Waals surface area contributed by atoms with Gasteiger partial charge in [-0.05, 0) is 26.0 Å². The molecule has 2 aromatic rings. The van der Waals surface area contributed by atoms with Gasteiger partial charge >= 0.3 is 6.01 Å². The lowest BCUT2D eigenvalue weighted by Gasteiger charge is -2.17. The van der Waals surface area contributed by atoms with E-state index >= 15 is 0 Å². The Morgan fingerprint density at radius 1 is 1.29 bits per heavy atom. The van der Waals surface area contributed by atoms with Crippen molar-refractivity contribution >= 4 is 34.8 Å². The second kappa shape index (κ2) is 7.42. The van der Waals surface area contributed by atoms with E-state index in [2.05, 4.69) is 20.3 Å². The highest BCUT2D eigenvalue weighted by molar-refractivity contribution is 7.16. The fourth-order valence-electron chi connectivity index (χ4n) is 1.69. The minimum Gasteiger partial charge on any atom is -0.464 e. The van der Waals surface area contributed by atoms with Crippen molar-refractivity contribution in [2.45, 2.75) is 20.4 Å². The van der Waals surface area contributed by atoms with Crippen molar-refractivity contribution in [3.63, 3.8) is 0 Å². The molecule has 0 saturated carbocycles. The Kier molecular flexibility index (Phi) is 5.58. The van der Waals surface area contributed by atoms with Gasteiger partial charge in [-0.25, -0.2) is 0 Å². The van der Waals surface area contributed by atoms with Gasteiger partial charge in [0.05, 0.1) is 17.5 Å². The zero-order chi connectivity index (χ0) is 15.2. The maximum absolute atomic E-state index is 5.95. The maximum Gasteiger partial charge on any atom is 0.323 e. The summed E-state index contributed by atoms with van der Waals surface area (Å²) in [6.07, 6.45) is 0. The highest BCUT2D eigenvalue weighted by atomic mass is 35.5. The van der Waals surface area contributed by atoms with Crippen LogP contribution in [-0.4, -0.2) is 35.2 Å². The van der Waals surface area contributed by atoms with E-state index in [1.54, 1.807) is 11.3 Å². The molecule has 0 aromatic carbocycles. The van der Waals surface area contributed by atoms with Crippen molar-refractivity contribution in [2.75, 3.05) is 30.4 Å². The van der Waals surface area contributed by atoms with Crippen LogP contribution in [0, 0.1) is 0 Å². The highest BCUT2D eigenvalue weighted by Crippen LogP contribution is 2.24. The molecule has 0 aliphatic rings. The average Bonchev–Trinajstić information content (AvgIpc) is 2.84. The first-order valence-corrected chi connectivity index (χ1v) is 7.90. The van der Waals surface area contributed by atoms with Gasteiger partial charge in [-0.3, -0.25) is 0 Å². The Labute approximate surface area is 133 Å². The lowest BCUT2D eigenvalue weighted by atomic mass is 10.4. The Morgan fingerprint density at radius 3 is 2.71 bits per heavy atom. The van der Waals surface area contributed by atoms with Gasteiger partial charge in [-0.15, -0.1) is 11.3 Å². The van der Waals surface area contributed by atoms with E-state index in [1.165, 1.54) is 0 Å². The molecule has 2 rings (SSSR count). The predicted molar refractivity (Wildman–Crippen MR) is 86.6 cm³/mol. The molecule has 8 heteroatoms. The third-order valence-electron chi connectivity index (χ3n) is 2.57. The number of anilines is 2. The molecule has 1 N–H and O–H groups in total. The molecule has 0 radical (unpaired) electrons. The van der Waals surface area contributed by atoms with Crippen molar-refractivity contribution in [3.05, 3.63) is 21.3 Å². The molecular formula is C13H18ClN5OS. The van der Waals surface area contributed by atoms with E-state index in [1.807, 2.05) is 37.9 Å². The van der Waals surface area contributed by atoms with Crippen LogP contribution < -0.4 is 15.0 Å². The molecule has 0 atom stereocenters. The topological polar surface area (TPSA) is 63.2 Å². The van der Waals surface area contributed by atoms with E-state index in [0.29, 0.717) is 31.1 Å². The normalized spacial score (nSPS) is 10.5. The molecule has 0 aliphatic carbocycles. The quantitative estimate of drug-likeness (QED) is 0.843. The number of aromatic nitrogens is 3. The van der Waals surface area contributed by atoms with Crippen LogP contribution in [0.2, 0.25) is 4.34 Å². The van der Waals surface area contributed by atoms with Crippen LogP contribution in [0.1, 0.15) is 18.7 Å². The first kappa shape index (κ1) is 15.8. The van der Waals surface area contributed by atoms with E-state index in [4.69, 9.17) is 16.3 Å². The standard InChI is InChI=1S/C13H18ClN5OS/c1-4-15-11-16-12(18-13(17-11)20-5-2)19(3)8-9-6-7-10(14)21-9/h6-7H,4-5,8H2,1-3H3,(H,15,16,17,18). The number of rotatable bonds is 7. The number of thiophene rings is 1. The van der Waals surface area contributed by atoms with Crippen LogP contribution in [0.5, 0.6) is 6.01 Å². The van der Waals surface area contributed by atoms with Gasteiger partial charge in [0.25, 0.3) is 0 Å². The summed E-state index contributed by atoms with van der Waals surface area (Å²) in [7, 11) is 1.93.